The Labute approximate surface area is 181 Å². The van der Waals surface area contributed by atoms with E-state index in [0.29, 0.717) is 0 Å². The second-order valence-electron chi connectivity index (χ2n) is 10.2. The highest BCUT2D eigenvalue weighted by Gasteiger charge is 2.55. The fourth-order valence-electron chi connectivity index (χ4n) is 5.79. The number of benzene rings is 1. The molecule has 1 aromatic carbocycles. The molecular formula is C24H36N4OP+. The first-order valence-corrected chi connectivity index (χ1v) is 13.5. The zero-order valence-corrected chi connectivity index (χ0v) is 19.5. The van der Waals surface area contributed by atoms with Crippen LogP contribution < -0.4 is 9.68 Å². The van der Waals surface area contributed by atoms with E-state index in [2.05, 4.69) is 30.7 Å². The maximum atomic E-state index is 15.3. The molecule has 4 aliphatic rings. The minimum absolute atomic E-state index is 0.170. The molecule has 0 radical (unpaired) electrons. The minimum atomic E-state index is -2.98. The van der Waals surface area contributed by atoms with Crippen molar-refractivity contribution >= 4 is 18.8 Å². The van der Waals surface area contributed by atoms with Crippen LogP contribution in [0.2, 0.25) is 0 Å². The molecule has 1 atom stereocenters. The molecule has 0 amide bonds. The summed E-state index contributed by atoms with van der Waals surface area (Å²) in [4.78, 5) is 1.57. The van der Waals surface area contributed by atoms with Gasteiger partial charge in [-0.2, -0.15) is 9.88 Å². The van der Waals surface area contributed by atoms with E-state index in [4.69, 9.17) is 5.10 Å². The lowest BCUT2D eigenvalue weighted by Crippen LogP contribution is -3.08. The molecule has 2 saturated heterocycles. The fraction of sp³-hybridized carbons (Fsp3) is 0.625. The van der Waals surface area contributed by atoms with E-state index in [1.807, 2.05) is 23.0 Å². The summed E-state index contributed by atoms with van der Waals surface area (Å²) in [7, 11) is -2.98. The molecule has 0 aromatic heterocycles. The number of para-hydroxylation sites is 1. The van der Waals surface area contributed by atoms with Crippen LogP contribution in [0.15, 0.2) is 46.4 Å². The highest BCUT2D eigenvalue weighted by Crippen LogP contribution is 2.68. The van der Waals surface area contributed by atoms with E-state index in [-0.39, 0.29) is 5.41 Å². The number of nitrogens with one attached hydrogen (secondary N) is 1. The van der Waals surface area contributed by atoms with Gasteiger partial charge in [0.15, 0.2) is 0 Å². The van der Waals surface area contributed by atoms with Crippen molar-refractivity contribution in [3.8, 4) is 0 Å². The molecule has 3 aliphatic heterocycles. The summed E-state index contributed by atoms with van der Waals surface area (Å²) < 4.78 is 19.5. The summed E-state index contributed by atoms with van der Waals surface area (Å²) in [5, 5.41) is 6.26. The molecule has 3 heterocycles. The van der Waals surface area contributed by atoms with Gasteiger partial charge in [0.1, 0.15) is 11.0 Å². The predicted octanol–water partition coefficient (Wildman–Crippen LogP) is 4.64. The van der Waals surface area contributed by atoms with Crippen molar-refractivity contribution in [3.63, 3.8) is 0 Å². The fourth-order valence-corrected chi connectivity index (χ4v) is 9.05. The van der Waals surface area contributed by atoms with Crippen molar-refractivity contribution < 1.29 is 9.46 Å². The second-order valence-corrected chi connectivity index (χ2v) is 12.7. The maximum Gasteiger partial charge on any atom is 0.296 e. The van der Waals surface area contributed by atoms with Gasteiger partial charge in [-0.15, -0.1) is 0 Å². The van der Waals surface area contributed by atoms with E-state index < -0.39 is 7.44 Å². The summed E-state index contributed by atoms with van der Waals surface area (Å²) in [6.45, 7) is 8.88. The lowest BCUT2D eigenvalue weighted by atomic mass is 9.78. The summed E-state index contributed by atoms with van der Waals surface area (Å²) in [6, 6.07) is 10.2. The molecule has 2 fully saturated rings. The normalized spacial score (nSPS) is 30.3. The molecule has 0 saturated carbocycles. The first kappa shape index (κ1) is 20.5. The molecule has 162 valence electrons. The number of fused-ring (bicyclic) bond motifs is 1. The molecule has 6 heteroatoms. The number of anilines is 1. The van der Waals surface area contributed by atoms with Gasteiger partial charge in [0.2, 0.25) is 0 Å². The Kier molecular flexibility index (Phi) is 5.41. The molecule has 5 rings (SSSR count). The summed E-state index contributed by atoms with van der Waals surface area (Å²) in [6.07, 6.45) is 9.25. The molecular weight excluding hydrogens is 391 g/mol. The van der Waals surface area contributed by atoms with Crippen LogP contribution >= 0.6 is 7.44 Å². The Hall–Kier alpha value is -1.42. The van der Waals surface area contributed by atoms with Crippen molar-refractivity contribution in [2.24, 2.45) is 10.5 Å². The smallest absolute Gasteiger partial charge is 0.296 e. The Balaban J connectivity index is 1.69. The molecule has 0 spiro atoms. The van der Waals surface area contributed by atoms with Crippen LogP contribution in [0, 0.1) is 5.41 Å². The second kappa shape index (κ2) is 7.93. The third-order valence-electron chi connectivity index (χ3n) is 7.21. The Morgan fingerprint density at radius 1 is 0.933 bits per heavy atom. The Bertz CT molecular complexity index is 893. The largest absolute Gasteiger partial charge is 0.305 e. The van der Waals surface area contributed by atoms with Gasteiger partial charge in [-0.1, -0.05) is 44.9 Å². The van der Waals surface area contributed by atoms with E-state index >= 15 is 4.57 Å². The van der Waals surface area contributed by atoms with E-state index in [1.165, 1.54) is 44.5 Å². The summed E-state index contributed by atoms with van der Waals surface area (Å²) in [5.74, 6) is 0. The van der Waals surface area contributed by atoms with Crippen LogP contribution in [-0.2, 0) is 4.57 Å². The highest BCUT2D eigenvalue weighted by atomic mass is 31.2. The molecule has 0 bridgehead atoms. The lowest BCUT2D eigenvalue weighted by Gasteiger charge is -2.38. The molecule has 1 aliphatic carbocycles. The van der Waals surface area contributed by atoms with Gasteiger partial charge in [-0.25, -0.2) is 4.67 Å². The quantitative estimate of drug-likeness (QED) is 0.715. The monoisotopic (exact) mass is 427 g/mol. The summed E-state index contributed by atoms with van der Waals surface area (Å²) in [5.41, 5.74) is 3.64. The zero-order valence-electron chi connectivity index (χ0n) is 18.6. The van der Waals surface area contributed by atoms with Crippen LogP contribution in [0.5, 0.6) is 0 Å². The molecule has 1 aromatic rings. The third kappa shape index (κ3) is 3.49. The highest BCUT2D eigenvalue weighted by molar-refractivity contribution is 7.69. The molecule has 30 heavy (non-hydrogen) atoms. The van der Waals surface area contributed by atoms with Gasteiger partial charge in [-0.3, -0.25) is 4.57 Å². The van der Waals surface area contributed by atoms with Crippen molar-refractivity contribution in [3.05, 3.63) is 41.3 Å². The minimum Gasteiger partial charge on any atom is -0.305 e. The van der Waals surface area contributed by atoms with Crippen LogP contribution in [0.1, 0.15) is 65.2 Å². The van der Waals surface area contributed by atoms with Crippen molar-refractivity contribution in [1.82, 2.24) is 4.67 Å². The lowest BCUT2D eigenvalue weighted by molar-refractivity contribution is -0.849. The standard InChI is InChI=1S/C24H35N4OP/c1-24(2)18-21-23(22(19-24)26-14-10-11-15-26)30(29,27-16-8-3-4-9-17-27)28(25-21)20-12-6-5-7-13-20/h5-7,12-13H,3-4,8-11,14-19H2,1-2H3/p+1/t30-/m0/s1. The van der Waals surface area contributed by atoms with Gasteiger partial charge >= 0.3 is 0 Å². The molecule has 5 nitrogen and oxygen atoms in total. The van der Waals surface area contributed by atoms with Gasteiger partial charge in [0, 0.05) is 32.4 Å². The summed E-state index contributed by atoms with van der Waals surface area (Å²) >= 11 is 0. The molecule has 0 unspecified atom stereocenters. The third-order valence-corrected chi connectivity index (χ3v) is 10.3. The van der Waals surface area contributed by atoms with Crippen LogP contribution in [0.4, 0.5) is 5.69 Å². The predicted molar refractivity (Wildman–Crippen MR) is 124 cm³/mol. The number of hydrogen-bond donors (Lipinski definition) is 1. The van der Waals surface area contributed by atoms with Crippen LogP contribution in [0.3, 0.4) is 0 Å². The van der Waals surface area contributed by atoms with Crippen LogP contribution in [0.25, 0.3) is 0 Å². The van der Waals surface area contributed by atoms with Crippen LogP contribution in [-0.4, -0.2) is 36.6 Å². The van der Waals surface area contributed by atoms with Gasteiger partial charge in [0.05, 0.1) is 24.5 Å². The number of allylic oxidation sites excluding steroid dienone is 2. The van der Waals surface area contributed by atoms with Crippen molar-refractivity contribution in [2.45, 2.75) is 65.2 Å². The zero-order chi connectivity index (χ0) is 20.8. The number of hydrazone groups is 1. The van der Waals surface area contributed by atoms with Gasteiger partial charge in [0.25, 0.3) is 7.44 Å². The first-order chi connectivity index (χ1) is 14.5. The number of nitrogens with zero attached hydrogens (tertiary/aromatic N) is 3. The van der Waals surface area contributed by atoms with Gasteiger partial charge < -0.3 is 4.90 Å². The Morgan fingerprint density at radius 2 is 1.60 bits per heavy atom. The van der Waals surface area contributed by atoms with Crippen molar-refractivity contribution in [1.29, 1.82) is 0 Å². The maximum absolute atomic E-state index is 15.3. The first-order valence-electron chi connectivity index (χ1n) is 11.9. The van der Waals surface area contributed by atoms with Gasteiger partial charge in [-0.05, 0) is 36.8 Å². The Morgan fingerprint density at radius 3 is 2.27 bits per heavy atom. The van der Waals surface area contributed by atoms with E-state index in [0.717, 1.165) is 55.5 Å². The molecule has 1 N–H and O–H groups in total. The topological polar surface area (TPSA) is 40.4 Å². The number of rotatable bonds is 3. The average molecular weight is 428 g/mol. The number of quaternary nitrogens is 1. The van der Waals surface area contributed by atoms with E-state index in [1.54, 1.807) is 4.90 Å². The average Bonchev–Trinajstić information content (AvgIpc) is 3.26. The van der Waals surface area contributed by atoms with Crippen molar-refractivity contribution in [2.75, 3.05) is 31.0 Å². The number of hydrogen-bond acceptors (Lipinski definition) is 2. The van der Waals surface area contributed by atoms with E-state index in [9.17, 15) is 0 Å². The SMILES string of the molecule is CC1(C)CC2=NN(c3ccccc3)[P@@](=O)(N3CCCCCC3)C2=C([NH+]2CCCC2)C1. The number of likely N-dealkylation sites (tertiary alicyclic amines) is 1.